The number of carbonyl (C=O) groups is 1. The van der Waals surface area contributed by atoms with E-state index in [1.165, 1.54) is 12.4 Å². The third-order valence-electron chi connectivity index (χ3n) is 6.04. The number of nitriles is 1. The first kappa shape index (κ1) is 23.9. The van der Waals surface area contributed by atoms with Crippen molar-refractivity contribution in [2.45, 2.75) is 19.9 Å². The number of aromatic nitrogens is 4. The molecule has 10 heteroatoms. The van der Waals surface area contributed by atoms with Crippen molar-refractivity contribution >= 4 is 22.8 Å². The summed E-state index contributed by atoms with van der Waals surface area (Å²) in [5.74, 6) is 0.330. The van der Waals surface area contributed by atoms with Crippen LogP contribution in [-0.4, -0.2) is 43.6 Å². The van der Waals surface area contributed by atoms with Crippen LogP contribution in [0.5, 0.6) is 11.5 Å². The Bertz CT molecular complexity index is 1550. The number of hydrogen-bond acceptors (Lipinski definition) is 7. The Hall–Kier alpha value is -4.78. The number of ether oxygens (including phenoxy) is 1. The zero-order valence-electron chi connectivity index (χ0n) is 20.3. The van der Waals surface area contributed by atoms with Crippen LogP contribution in [0.2, 0.25) is 0 Å². The number of anilines is 1. The Labute approximate surface area is 212 Å². The maximum Gasteiger partial charge on any atom is 0.264 e. The molecule has 5 rings (SSSR count). The molecule has 0 atom stereocenters. The second-order valence-electron chi connectivity index (χ2n) is 9.11. The number of nitrogens with zero attached hydrogens (tertiary/aromatic N) is 6. The second kappa shape index (κ2) is 9.70. The highest BCUT2D eigenvalue weighted by atomic mass is 19.1. The smallest absolute Gasteiger partial charge is 0.264 e. The van der Waals surface area contributed by atoms with Gasteiger partial charge in [-0.15, -0.1) is 0 Å². The van der Waals surface area contributed by atoms with E-state index in [9.17, 15) is 10.1 Å². The second-order valence-corrected chi connectivity index (χ2v) is 9.11. The molecule has 1 amide bonds. The quantitative estimate of drug-likeness (QED) is 0.307. The molecule has 1 saturated heterocycles. The Morgan fingerprint density at radius 3 is 2.62 bits per heavy atom. The van der Waals surface area contributed by atoms with Crippen molar-refractivity contribution in [3.05, 3.63) is 72.3 Å². The van der Waals surface area contributed by atoms with Gasteiger partial charge >= 0.3 is 0 Å². The van der Waals surface area contributed by atoms with E-state index in [0.717, 1.165) is 0 Å². The van der Waals surface area contributed by atoms with E-state index in [-0.39, 0.29) is 34.8 Å². The molecule has 2 aromatic carbocycles. The summed E-state index contributed by atoms with van der Waals surface area (Å²) in [5, 5.41) is 14.5. The summed E-state index contributed by atoms with van der Waals surface area (Å²) in [5.41, 5.74) is 7.26. The van der Waals surface area contributed by atoms with Gasteiger partial charge in [-0.05, 0) is 30.2 Å². The first-order valence-electron chi connectivity index (χ1n) is 11.8. The molecule has 0 spiro atoms. The molecule has 0 unspecified atom stereocenters. The van der Waals surface area contributed by atoms with Crippen molar-refractivity contribution in [3.8, 4) is 28.8 Å². The lowest BCUT2D eigenvalue weighted by Gasteiger charge is -2.39. The highest BCUT2D eigenvalue weighted by Gasteiger charge is 2.36. The number of carbonyl (C=O) groups excluding carboxylic acids is 1. The fourth-order valence-electron chi connectivity index (χ4n) is 4.25. The Balaban J connectivity index is 1.45. The van der Waals surface area contributed by atoms with Crippen LogP contribution in [-0.2, 0) is 4.79 Å². The topological polar surface area (TPSA) is 123 Å². The fraction of sp³-hybridized carbons (Fsp3) is 0.222. The van der Waals surface area contributed by atoms with E-state index in [1.54, 1.807) is 39.9 Å². The number of amides is 1. The Kier molecular flexibility index (Phi) is 6.27. The number of allylic oxidation sites excluding steroid dienone is 1. The van der Waals surface area contributed by atoms with Gasteiger partial charge in [0.15, 0.2) is 5.65 Å². The van der Waals surface area contributed by atoms with E-state index in [1.807, 2.05) is 38.1 Å². The first-order valence-corrected chi connectivity index (χ1v) is 11.8. The molecule has 186 valence electrons. The van der Waals surface area contributed by atoms with E-state index < -0.39 is 5.82 Å². The number of hydrogen-bond donors (Lipinski definition) is 1. The zero-order valence-corrected chi connectivity index (χ0v) is 20.3. The minimum absolute atomic E-state index is 0.0762. The molecule has 0 aliphatic carbocycles. The fourth-order valence-corrected chi connectivity index (χ4v) is 4.25. The third-order valence-corrected chi connectivity index (χ3v) is 6.04. The summed E-state index contributed by atoms with van der Waals surface area (Å²) in [6.07, 6.45) is 2.98. The minimum Gasteiger partial charge on any atom is -0.457 e. The highest BCUT2D eigenvalue weighted by Crippen LogP contribution is 2.36. The van der Waals surface area contributed by atoms with Gasteiger partial charge in [-0.1, -0.05) is 38.1 Å². The predicted molar refractivity (Wildman–Crippen MR) is 136 cm³/mol. The van der Waals surface area contributed by atoms with Crippen LogP contribution in [0.3, 0.4) is 0 Å². The first-order chi connectivity index (χ1) is 17.9. The average Bonchev–Trinajstić information content (AvgIpc) is 3.22. The summed E-state index contributed by atoms with van der Waals surface area (Å²) < 4.78 is 22.7. The normalized spacial score (nSPS) is 14.0. The van der Waals surface area contributed by atoms with Gasteiger partial charge in [0.25, 0.3) is 5.91 Å². The van der Waals surface area contributed by atoms with Gasteiger partial charge < -0.3 is 15.4 Å². The molecule has 0 saturated carbocycles. The number of likely N-dealkylation sites (tertiary alicyclic amines) is 1. The largest absolute Gasteiger partial charge is 0.457 e. The molecule has 1 fully saturated rings. The lowest BCUT2D eigenvalue weighted by Crippen LogP contribution is -2.51. The molecule has 37 heavy (non-hydrogen) atoms. The highest BCUT2D eigenvalue weighted by molar-refractivity contribution is 5.99. The average molecular weight is 498 g/mol. The summed E-state index contributed by atoms with van der Waals surface area (Å²) in [6.45, 7) is 4.49. The summed E-state index contributed by atoms with van der Waals surface area (Å²) in [7, 11) is 0. The van der Waals surface area contributed by atoms with Gasteiger partial charge in [0, 0.05) is 24.7 Å². The van der Waals surface area contributed by atoms with Crippen molar-refractivity contribution in [2.75, 3.05) is 18.8 Å². The van der Waals surface area contributed by atoms with Crippen LogP contribution in [0.15, 0.2) is 66.5 Å². The number of rotatable bonds is 6. The molecule has 0 bridgehead atoms. The van der Waals surface area contributed by atoms with E-state index in [2.05, 4.69) is 15.1 Å². The zero-order chi connectivity index (χ0) is 26.1. The molecule has 4 aromatic rings. The summed E-state index contributed by atoms with van der Waals surface area (Å²) in [6, 6.07) is 15.4. The summed E-state index contributed by atoms with van der Waals surface area (Å²) >= 11 is 0. The lowest BCUT2D eigenvalue weighted by molar-refractivity contribution is -0.132. The van der Waals surface area contributed by atoms with E-state index in [4.69, 9.17) is 10.5 Å². The van der Waals surface area contributed by atoms with Crippen LogP contribution in [0.25, 0.3) is 22.3 Å². The van der Waals surface area contributed by atoms with Crippen molar-refractivity contribution in [3.63, 3.8) is 0 Å². The number of benzene rings is 2. The number of halogens is 1. The lowest BCUT2D eigenvalue weighted by atomic mass is 10.0. The van der Waals surface area contributed by atoms with Crippen LogP contribution >= 0.6 is 0 Å². The minimum atomic E-state index is -0.536. The van der Waals surface area contributed by atoms with Gasteiger partial charge in [-0.25, -0.2) is 19.0 Å². The van der Waals surface area contributed by atoms with Crippen LogP contribution in [0.1, 0.15) is 19.9 Å². The summed E-state index contributed by atoms with van der Waals surface area (Å²) in [4.78, 5) is 22.7. The maximum absolute atomic E-state index is 15.3. The van der Waals surface area contributed by atoms with Crippen molar-refractivity contribution in [2.24, 2.45) is 5.92 Å². The monoisotopic (exact) mass is 497 g/mol. The molecule has 2 aromatic heterocycles. The van der Waals surface area contributed by atoms with Gasteiger partial charge in [-0.3, -0.25) is 4.79 Å². The van der Waals surface area contributed by atoms with Gasteiger partial charge in [0.2, 0.25) is 0 Å². The Morgan fingerprint density at radius 1 is 1.19 bits per heavy atom. The van der Waals surface area contributed by atoms with Crippen LogP contribution < -0.4 is 10.5 Å². The molecule has 1 aliphatic heterocycles. The standard InChI is InChI=1S/C27H24FN7O2/c1-16(2)10-17(12-29)27(36)34-13-18(14-34)35-26-23(25(30)31-15-32-26)24(33-35)21-9-8-20(11-22(21)28)37-19-6-4-3-5-7-19/h3-11,15-16,18H,13-14H2,1-2H3,(H2,30,31,32). The van der Waals surface area contributed by atoms with Crippen LogP contribution in [0, 0.1) is 23.1 Å². The number of nitrogens with two attached hydrogens (primary N) is 1. The van der Waals surface area contributed by atoms with Crippen molar-refractivity contribution in [1.82, 2.24) is 24.6 Å². The molecular formula is C27H24FN7O2. The molecular weight excluding hydrogens is 473 g/mol. The third kappa shape index (κ3) is 4.59. The predicted octanol–water partition coefficient (Wildman–Crippen LogP) is 4.50. The number of nitrogen functional groups attached to an aromatic ring is 1. The van der Waals surface area contributed by atoms with E-state index in [0.29, 0.717) is 41.3 Å². The molecule has 0 radical (unpaired) electrons. The number of para-hydroxylation sites is 1. The van der Waals surface area contributed by atoms with Gasteiger partial charge in [0.05, 0.1) is 11.4 Å². The van der Waals surface area contributed by atoms with Crippen molar-refractivity contribution < 1.29 is 13.9 Å². The van der Waals surface area contributed by atoms with E-state index >= 15 is 4.39 Å². The van der Waals surface area contributed by atoms with Crippen LogP contribution in [0.4, 0.5) is 10.2 Å². The molecule has 3 heterocycles. The van der Waals surface area contributed by atoms with Gasteiger partial charge in [-0.2, -0.15) is 10.4 Å². The van der Waals surface area contributed by atoms with Gasteiger partial charge in [0.1, 0.15) is 46.8 Å². The Morgan fingerprint density at radius 2 is 1.95 bits per heavy atom. The SMILES string of the molecule is CC(C)C=C(C#N)C(=O)N1CC(n2nc(-c3ccc(Oc4ccccc4)cc3F)c3c(N)ncnc32)C1. The molecule has 2 N–H and O–H groups in total. The molecule has 9 nitrogen and oxygen atoms in total. The maximum atomic E-state index is 15.3. The van der Waals surface area contributed by atoms with Crippen molar-refractivity contribution in [1.29, 1.82) is 5.26 Å². The molecule has 1 aliphatic rings. The number of fused-ring (bicyclic) bond motifs is 1.